The Kier molecular flexibility index (Phi) is 4.68. The van der Waals surface area contributed by atoms with Crippen molar-refractivity contribution in [3.63, 3.8) is 0 Å². The van der Waals surface area contributed by atoms with E-state index in [9.17, 15) is 4.79 Å². The number of hydrogen-bond acceptors (Lipinski definition) is 5. The zero-order valence-corrected chi connectivity index (χ0v) is 15.6. The van der Waals surface area contributed by atoms with Crippen LogP contribution in [0.1, 0.15) is 35.3 Å². The topological polar surface area (TPSA) is 61.4 Å². The molecule has 1 N–H and O–H groups in total. The van der Waals surface area contributed by atoms with Crippen molar-refractivity contribution in [3.05, 3.63) is 40.7 Å². The van der Waals surface area contributed by atoms with E-state index in [2.05, 4.69) is 38.2 Å². The summed E-state index contributed by atoms with van der Waals surface area (Å²) < 4.78 is 0. The highest BCUT2D eigenvalue weighted by atomic mass is 35.5. The highest BCUT2D eigenvalue weighted by Gasteiger charge is 2.20. The molecule has 1 amide bonds. The summed E-state index contributed by atoms with van der Waals surface area (Å²) in [6.07, 6.45) is 5.90. The van der Waals surface area contributed by atoms with Gasteiger partial charge in [0.2, 0.25) is 5.95 Å². The number of carbonyl (C=O) groups is 1. The van der Waals surface area contributed by atoms with Crippen molar-refractivity contribution in [3.8, 4) is 0 Å². The van der Waals surface area contributed by atoms with Gasteiger partial charge in [-0.05, 0) is 49.4 Å². The average molecular weight is 372 g/mol. The van der Waals surface area contributed by atoms with E-state index >= 15 is 0 Å². The number of fused-ring (bicyclic) bond motifs is 1. The summed E-state index contributed by atoms with van der Waals surface area (Å²) in [7, 11) is 2.09. The number of halogens is 1. The van der Waals surface area contributed by atoms with Crippen LogP contribution in [0.15, 0.2) is 24.4 Å². The molecule has 0 spiro atoms. The zero-order chi connectivity index (χ0) is 18.1. The largest absolute Gasteiger partial charge is 0.374 e. The number of nitrogens with one attached hydrogen (secondary N) is 1. The fourth-order valence-electron chi connectivity index (χ4n) is 3.64. The third-order valence-corrected chi connectivity index (χ3v) is 5.30. The minimum absolute atomic E-state index is 0.221. The van der Waals surface area contributed by atoms with Gasteiger partial charge in [-0.3, -0.25) is 4.79 Å². The Morgan fingerprint density at radius 2 is 2.00 bits per heavy atom. The van der Waals surface area contributed by atoms with Crippen LogP contribution >= 0.6 is 11.6 Å². The molecule has 0 bridgehead atoms. The molecule has 2 aromatic rings. The first-order valence-electron chi connectivity index (χ1n) is 9.05. The van der Waals surface area contributed by atoms with Crippen molar-refractivity contribution >= 4 is 34.8 Å². The van der Waals surface area contributed by atoms with Gasteiger partial charge >= 0.3 is 0 Å². The fourth-order valence-corrected chi connectivity index (χ4v) is 3.82. The quantitative estimate of drug-likeness (QED) is 0.896. The van der Waals surface area contributed by atoms with Gasteiger partial charge in [0.1, 0.15) is 0 Å². The monoisotopic (exact) mass is 371 g/mol. The number of nitrogens with zero attached hydrogens (tertiary/aromatic N) is 4. The van der Waals surface area contributed by atoms with Crippen LogP contribution in [0.5, 0.6) is 0 Å². The van der Waals surface area contributed by atoms with Gasteiger partial charge in [0.25, 0.3) is 5.91 Å². The number of benzene rings is 1. The summed E-state index contributed by atoms with van der Waals surface area (Å²) in [4.78, 5) is 25.7. The maximum atomic E-state index is 12.7. The lowest BCUT2D eigenvalue weighted by Crippen LogP contribution is -2.25. The van der Waals surface area contributed by atoms with Crippen LogP contribution in [0.2, 0.25) is 5.02 Å². The van der Waals surface area contributed by atoms with Gasteiger partial charge in [0.05, 0.1) is 11.2 Å². The van der Waals surface area contributed by atoms with Gasteiger partial charge < -0.3 is 15.1 Å². The molecular formula is C19H22ClN5O. The van der Waals surface area contributed by atoms with E-state index in [0.29, 0.717) is 5.95 Å². The normalized spacial score (nSPS) is 16.5. The molecule has 1 saturated heterocycles. The number of carbonyl (C=O) groups excluding carboxylic acids is 1. The Balaban J connectivity index is 1.55. The second-order valence-corrected chi connectivity index (χ2v) is 7.29. The summed E-state index contributed by atoms with van der Waals surface area (Å²) in [5, 5.41) is 3.20. The first-order chi connectivity index (χ1) is 12.6. The summed E-state index contributed by atoms with van der Waals surface area (Å²) >= 11 is 6.19. The smallest absolute Gasteiger partial charge is 0.276 e. The number of rotatable bonds is 3. The molecule has 3 heterocycles. The molecule has 26 heavy (non-hydrogen) atoms. The molecule has 6 nitrogen and oxygen atoms in total. The summed E-state index contributed by atoms with van der Waals surface area (Å²) in [6, 6.07) is 6.02. The van der Waals surface area contributed by atoms with E-state index in [-0.39, 0.29) is 16.6 Å². The van der Waals surface area contributed by atoms with Gasteiger partial charge in [-0.25, -0.2) is 9.97 Å². The number of amides is 1. The molecule has 1 fully saturated rings. The van der Waals surface area contributed by atoms with Crippen molar-refractivity contribution in [1.82, 2.24) is 9.97 Å². The minimum atomic E-state index is -0.304. The summed E-state index contributed by atoms with van der Waals surface area (Å²) in [5.74, 6) is 0.270. The average Bonchev–Trinajstić information content (AvgIpc) is 3.17. The Morgan fingerprint density at radius 1 is 1.19 bits per heavy atom. The third kappa shape index (κ3) is 3.33. The number of anilines is 3. The van der Waals surface area contributed by atoms with Crippen molar-refractivity contribution in [2.24, 2.45) is 0 Å². The molecule has 4 rings (SSSR count). The van der Waals surface area contributed by atoms with Crippen LogP contribution in [-0.2, 0) is 6.42 Å². The van der Waals surface area contributed by atoms with Gasteiger partial charge in [-0.2, -0.15) is 0 Å². The molecule has 1 aromatic heterocycles. The Morgan fingerprint density at radius 3 is 2.81 bits per heavy atom. The lowest BCUT2D eigenvalue weighted by molar-refractivity contribution is 0.102. The lowest BCUT2D eigenvalue weighted by atomic mass is 10.0. The van der Waals surface area contributed by atoms with E-state index in [1.54, 1.807) is 0 Å². The number of aryl methyl sites for hydroxylation is 1. The fraction of sp³-hybridized carbons (Fsp3) is 0.421. The van der Waals surface area contributed by atoms with Gasteiger partial charge in [0, 0.05) is 38.1 Å². The van der Waals surface area contributed by atoms with Crippen LogP contribution < -0.4 is 15.1 Å². The molecule has 0 unspecified atom stereocenters. The van der Waals surface area contributed by atoms with Gasteiger partial charge in [0.15, 0.2) is 5.69 Å². The summed E-state index contributed by atoms with van der Waals surface area (Å²) in [5.41, 5.74) is 3.47. The predicted molar refractivity (Wildman–Crippen MR) is 104 cm³/mol. The minimum Gasteiger partial charge on any atom is -0.374 e. The van der Waals surface area contributed by atoms with Crippen LogP contribution in [-0.4, -0.2) is 42.6 Å². The predicted octanol–water partition coefficient (Wildman–Crippen LogP) is 3.36. The molecule has 1 aromatic carbocycles. The molecule has 2 aliphatic rings. The van der Waals surface area contributed by atoms with Gasteiger partial charge in [-0.1, -0.05) is 11.6 Å². The second-order valence-electron chi connectivity index (χ2n) is 6.88. The van der Waals surface area contributed by atoms with E-state index < -0.39 is 0 Å². The SMILES string of the molecule is CN1CCCc2cc(NC(=O)c3nc(N4CCCC4)ncc3Cl)ccc21. The Labute approximate surface area is 158 Å². The van der Waals surface area contributed by atoms with E-state index in [1.165, 1.54) is 17.4 Å². The molecule has 2 aliphatic heterocycles. The molecule has 0 atom stereocenters. The number of hydrogen-bond donors (Lipinski definition) is 1. The van der Waals surface area contributed by atoms with Crippen molar-refractivity contribution in [2.45, 2.75) is 25.7 Å². The second kappa shape index (κ2) is 7.11. The maximum Gasteiger partial charge on any atom is 0.276 e. The summed E-state index contributed by atoms with van der Waals surface area (Å²) in [6.45, 7) is 2.90. The van der Waals surface area contributed by atoms with Crippen molar-refractivity contribution < 1.29 is 4.79 Å². The van der Waals surface area contributed by atoms with E-state index in [1.807, 2.05) is 12.1 Å². The van der Waals surface area contributed by atoms with Crippen LogP contribution in [0.4, 0.5) is 17.3 Å². The third-order valence-electron chi connectivity index (χ3n) is 5.02. The van der Waals surface area contributed by atoms with Crippen molar-refractivity contribution in [2.75, 3.05) is 41.8 Å². The maximum absolute atomic E-state index is 12.7. The molecule has 0 aliphatic carbocycles. The Bertz CT molecular complexity index is 835. The van der Waals surface area contributed by atoms with E-state index in [0.717, 1.165) is 51.0 Å². The standard InChI is InChI=1S/C19H22ClN5O/c1-24-8-4-5-13-11-14(6-7-16(13)24)22-18(26)17-15(20)12-21-19(23-17)25-9-2-3-10-25/h6-7,11-12H,2-5,8-10H2,1H3,(H,22,26). The molecule has 7 heteroatoms. The van der Waals surface area contributed by atoms with Gasteiger partial charge in [-0.15, -0.1) is 0 Å². The molecule has 0 saturated carbocycles. The lowest BCUT2D eigenvalue weighted by Gasteiger charge is -2.27. The van der Waals surface area contributed by atoms with Crippen molar-refractivity contribution in [1.29, 1.82) is 0 Å². The first kappa shape index (κ1) is 17.1. The highest BCUT2D eigenvalue weighted by molar-refractivity contribution is 6.34. The highest BCUT2D eigenvalue weighted by Crippen LogP contribution is 2.29. The molecule has 136 valence electrons. The first-order valence-corrected chi connectivity index (χ1v) is 9.42. The van der Waals surface area contributed by atoms with Crippen LogP contribution in [0, 0.1) is 0 Å². The number of aromatic nitrogens is 2. The van der Waals surface area contributed by atoms with Crippen LogP contribution in [0.25, 0.3) is 0 Å². The zero-order valence-electron chi connectivity index (χ0n) is 14.8. The van der Waals surface area contributed by atoms with Crippen LogP contribution in [0.3, 0.4) is 0 Å². The Hall–Kier alpha value is -2.34. The molecule has 0 radical (unpaired) electrons. The van der Waals surface area contributed by atoms with E-state index in [4.69, 9.17) is 11.6 Å². The molecular weight excluding hydrogens is 350 g/mol.